The zero-order valence-electron chi connectivity index (χ0n) is 15.6. The molecule has 0 aliphatic carbocycles. The van der Waals surface area contributed by atoms with E-state index in [0.717, 1.165) is 0 Å². The van der Waals surface area contributed by atoms with Crippen LogP contribution < -0.4 is 33.6 Å². The Morgan fingerprint density at radius 3 is 2.11 bits per heavy atom. The fourth-order valence-corrected chi connectivity index (χ4v) is 2.12. The van der Waals surface area contributed by atoms with E-state index in [2.05, 4.69) is 15.6 Å². The van der Waals surface area contributed by atoms with Crippen LogP contribution in [0.3, 0.4) is 0 Å². The van der Waals surface area contributed by atoms with Gasteiger partial charge in [0, 0.05) is 13.0 Å². The summed E-state index contributed by atoms with van der Waals surface area (Å²) < 4.78 is 0. The Hall–Kier alpha value is -2.93. The lowest BCUT2D eigenvalue weighted by atomic mass is 10.1. The van der Waals surface area contributed by atoms with Gasteiger partial charge in [0.25, 0.3) is 0 Å². The second-order valence-corrected chi connectivity index (χ2v) is 6.19. The van der Waals surface area contributed by atoms with Crippen molar-refractivity contribution in [2.45, 2.75) is 56.8 Å². The third kappa shape index (κ3) is 10.3. The Balaban J connectivity index is 4.83. The molecule has 13 nitrogen and oxygen atoms in total. The van der Waals surface area contributed by atoms with Gasteiger partial charge in [0.05, 0.1) is 12.1 Å². The number of hydrogen-bond donors (Lipinski definition) is 8. The van der Waals surface area contributed by atoms with Gasteiger partial charge in [0.15, 0.2) is 5.96 Å². The number of primary amides is 1. The molecule has 28 heavy (non-hydrogen) atoms. The average molecular weight is 403 g/mol. The SMILES string of the molecule is C[C@@H](O)[C@H](NC(=O)[C@@H](N)CCCN=C(N)N)C(=O)N[C@@H](CCC(N)=O)C(=O)O. The predicted molar refractivity (Wildman–Crippen MR) is 99.5 cm³/mol. The van der Waals surface area contributed by atoms with E-state index >= 15 is 0 Å². The molecule has 0 aromatic heterocycles. The molecule has 0 spiro atoms. The van der Waals surface area contributed by atoms with Crippen LogP contribution in [0.4, 0.5) is 0 Å². The molecule has 0 aliphatic heterocycles. The molecule has 12 N–H and O–H groups in total. The van der Waals surface area contributed by atoms with E-state index < -0.39 is 47.9 Å². The highest BCUT2D eigenvalue weighted by Crippen LogP contribution is 2.02. The van der Waals surface area contributed by atoms with Gasteiger partial charge in [-0.1, -0.05) is 0 Å². The van der Waals surface area contributed by atoms with Gasteiger partial charge >= 0.3 is 5.97 Å². The molecule has 13 heteroatoms. The van der Waals surface area contributed by atoms with Crippen molar-refractivity contribution >= 4 is 29.7 Å². The molecule has 0 saturated heterocycles. The number of carboxylic acids is 1. The number of carboxylic acid groups (broad SMARTS) is 1. The first-order chi connectivity index (χ1) is 13.0. The van der Waals surface area contributed by atoms with Crippen LogP contribution >= 0.6 is 0 Å². The summed E-state index contributed by atoms with van der Waals surface area (Å²) >= 11 is 0. The highest BCUT2D eigenvalue weighted by atomic mass is 16.4. The number of carbonyl (C=O) groups is 4. The van der Waals surface area contributed by atoms with Crippen molar-refractivity contribution in [1.29, 1.82) is 0 Å². The Morgan fingerprint density at radius 1 is 1.04 bits per heavy atom. The average Bonchev–Trinajstić information content (AvgIpc) is 2.58. The van der Waals surface area contributed by atoms with Gasteiger partial charge in [-0.15, -0.1) is 0 Å². The first kappa shape index (κ1) is 25.1. The fraction of sp³-hybridized carbons (Fsp3) is 0.667. The Morgan fingerprint density at radius 2 is 1.64 bits per heavy atom. The molecule has 0 rings (SSSR count). The van der Waals surface area contributed by atoms with Crippen LogP contribution in [0.25, 0.3) is 0 Å². The number of nitrogens with one attached hydrogen (secondary N) is 2. The number of carbonyl (C=O) groups excluding carboxylic acids is 3. The zero-order valence-corrected chi connectivity index (χ0v) is 15.6. The van der Waals surface area contributed by atoms with E-state index in [9.17, 15) is 24.3 Å². The number of nitrogens with zero attached hydrogens (tertiary/aromatic N) is 1. The Kier molecular flexibility index (Phi) is 11.2. The van der Waals surface area contributed by atoms with Crippen molar-refractivity contribution in [3.05, 3.63) is 0 Å². The number of amides is 3. The Bertz CT molecular complexity index is 591. The number of aliphatic hydroxyl groups is 1. The van der Waals surface area contributed by atoms with Crippen LogP contribution in [0.1, 0.15) is 32.6 Å². The van der Waals surface area contributed by atoms with Crippen molar-refractivity contribution in [3.8, 4) is 0 Å². The number of hydrogen-bond acceptors (Lipinski definition) is 7. The normalized spacial score (nSPS) is 14.8. The molecular formula is C15H29N7O6. The summed E-state index contributed by atoms with van der Waals surface area (Å²) in [5, 5.41) is 23.3. The first-order valence-electron chi connectivity index (χ1n) is 8.56. The maximum Gasteiger partial charge on any atom is 0.326 e. The standard InChI is InChI=1S/C15H29N7O6/c1-7(23)11(13(26)21-9(14(27)28)4-5-10(17)24)22-12(25)8(16)3-2-6-20-15(18)19/h7-9,11,23H,2-6,16H2,1H3,(H2,17,24)(H,21,26)(H,22,25)(H,27,28)(H4,18,19,20)/t7-,8+,9+,11+/m1/s1. The number of aliphatic hydroxyl groups excluding tert-OH is 1. The van der Waals surface area contributed by atoms with E-state index in [4.69, 9.17) is 28.0 Å². The minimum Gasteiger partial charge on any atom is -0.480 e. The maximum atomic E-state index is 12.3. The molecule has 0 aliphatic rings. The van der Waals surface area contributed by atoms with E-state index in [1.165, 1.54) is 6.92 Å². The molecule has 160 valence electrons. The number of aliphatic imine (C=N–C) groups is 1. The van der Waals surface area contributed by atoms with Crippen LogP contribution in [0, 0.1) is 0 Å². The van der Waals surface area contributed by atoms with Crippen molar-refractivity contribution in [2.24, 2.45) is 27.9 Å². The summed E-state index contributed by atoms with van der Waals surface area (Å²) in [5.74, 6) is -3.86. The predicted octanol–water partition coefficient (Wildman–Crippen LogP) is -3.93. The summed E-state index contributed by atoms with van der Waals surface area (Å²) in [7, 11) is 0. The van der Waals surface area contributed by atoms with Gasteiger partial charge in [0.2, 0.25) is 17.7 Å². The molecular weight excluding hydrogens is 374 g/mol. The molecule has 0 aromatic rings. The summed E-state index contributed by atoms with van der Waals surface area (Å²) in [6, 6.07) is -3.84. The molecule has 0 saturated carbocycles. The lowest BCUT2D eigenvalue weighted by molar-refractivity contribution is -0.143. The molecule has 0 unspecified atom stereocenters. The van der Waals surface area contributed by atoms with Crippen molar-refractivity contribution in [3.63, 3.8) is 0 Å². The molecule has 3 amide bonds. The molecule has 0 radical (unpaired) electrons. The highest BCUT2D eigenvalue weighted by molar-refractivity contribution is 5.92. The van der Waals surface area contributed by atoms with Crippen molar-refractivity contribution in [2.75, 3.05) is 6.54 Å². The quantitative estimate of drug-likeness (QED) is 0.0847. The van der Waals surface area contributed by atoms with E-state index in [0.29, 0.717) is 6.42 Å². The molecule has 0 aromatic carbocycles. The monoisotopic (exact) mass is 403 g/mol. The highest BCUT2D eigenvalue weighted by Gasteiger charge is 2.30. The number of rotatable bonds is 13. The van der Waals surface area contributed by atoms with Gasteiger partial charge in [-0.3, -0.25) is 19.4 Å². The Labute approximate surface area is 161 Å². The van der Waals surface area contributed by atoms with Gasteiger partial charge < -0.3 is 43.8 Å². The third-order valence-corrected chi connectivity index (χ3v) is 3.66. The minimum atomic E-state index is -1.44. The number of guanidine groups is 1. The second-order valence-electron chi connectivity index (χ2n) is 6.19. The largest absolute Gasteiger partial charge is 0.480 e. The van der Waals surface area contributed by atoms with Crippen molar-refractivity contribution in [1.82, 2.24) is 10.6 Å². The second kappa shape index (κ2) is 12.5. The molecule has 0 bridgehead atoms. The first-order valence-corrected chi connectivity index (χ1v) is 8.56. The molecule has 4 atom stereocenters. The van der Waals surface area contributed by atoms with Crippen LogP contribution in [0.15, 0.2) is 4.99 Å². The molecule has 0 heterocycles. The van der Waals surface area contributed by atoms with Crippen LogP contribution in [-0.2, 0) is 19.2 Å². The smallest absolute Gasteiger partial charge is 0.326 e. The van der Waals surface area contributed by atoms with Crippen molar-refractivity contribution < 1.29 is 29.4 Å². The molecule has 0 fully saturated rings. The van der Waals surface area contributed by atoms with Crippen LogP contribution in [0.5, 0.6) is 0 Å². The third-order valence-electron chi connectivity index (χ3n) is 3.66. The maximum absolute atomic E-state index is 12.3. The summed E-state index contributed by atoms with van der Waals surface area (Å²) in [6.07, 6.45) is -1.20. The summed E-state index contributed by atoms with van der Waals surface area (Å²) in [5.41, 5.74) is 21.1. The summed E-state index contributed by atoms with van der Waals surface area (Å²) in [6.45, 7) is 1.51. The van der Waals surface area contributed by atoms with E-state index in [1.54, 1.807) is 0 Å². The van der Waals surface area contributed by atoms with Crippen LogP contribution in [0.2, 0.25) is 0 Å². The lowest BCUT2D eigenvalue weighted by Gasteiger charge is -2.24. The van der Waals surface area contributed by atoms with Gasteiger partial charge in [-0.25, -0.2) is 4.79 Å². The van der Waals surface area contributed by atoms with Gasteiger partial charge in [-0.05, 0) is 26.2 Å². The summed E-state index contributed by atoms with van der Waals surface area (Å²) in [4.78, 5) is 50.2. The van der Waals surface area contributed by atoms with Gasteiger partial charge in [-0.2, -0.15) is 0 Å². The zero-order chi connectivity index (χ0) is 21.9. The van der Waals surface area contributed by atoms with E-state index in [-0.39, 0.29) is 31.8 Å². The van der Waals surface area contributed by atoms with E-state index in [1.807, 2.05) is 0 Å². The van der Waals surface area contributed by atoms with Gasteiger partial charge in [0.1, 0.15) is 12.1 Å². The fourth-order valence-electron chi connectivity index (χ4n) is 2.12. The van der Waals surface area contributed by atoms with Crippen LogP contribution in [-0.4, -0.2) is 70.6 Å². The minimum absolute atomic E-state index is 0.0896. The lowest BCUT2D eigenvalue weighted by Crippen LogP contribution is -2.58. The number of nitrogens with two attached hydrogens (primary N) is 4. The topological polar surface area (TPSA) is 249 Å². The number of aliphatic carboxylic acids is 1.